The first-order chi connectivity index (χ1) is 10.8. The number of nitrogens with zero attached hydrogens (tertiary/aromatic N) is 5. The lowest BCUT2D eigenvalue weighted by atomic mass is 10.2. The Morgan fingerprint density at radius 1 is 1.32 bits per heavy atom. The highest BCUT2D eigenvalue weighted by molar-refractivity contribution is 7.13. The summed E-state index contributed by atoms with van der Waals surface area (Å²) in [6.45, 7) is 4.26. The van der Waals surface area contributed by atoms with Crippen LogP contribution in [0.25, 0.3) is 27.4 Å². The maximum atomic E-state index is 4.73. The van der Waals surface area contributed by atoms with Crippen LogP contribution in [0.15, 0.2) is 17.6 Å². The third-order valence-electron chi connectivity index (χ3n) is 3.66. The SMILES string of the molecule is CCCCc1nc2[nH]ncc2c2nc(-c3cc(C)cs3)nn12. The highest BCUT2D eigenvalue weighted by Gasteiger charge is 2.16. The summed E-state index contributed by atoms with van der Waals surface area (Å²) in [5.41, 5.74) is 2.84. The second-order valence-electron chi connectivity index (χ2n) is 5.42. The molecule has 4 aromatic rings. The van der Waals surface area contributed by atoms with Gasteiger partial charge in [-0.1, -0.05) is 13.3 Å². The topological polar surface area (TPSA) is 71.8 Å². The maximum absolute atomic E-state index is 4.73. The molecule has 0 aliphatic heterocycles. The van der Waals surface area contributed by atoms with Crippen LogP contribution < -0.4 is 0 Å². The number of H-pyrrole nitrogens is 1. The average Bonchev–Trinajstić information content (AvgIpc) is 3.21. The number of thiophene rings is 1. The Kier molecular flexibility index (Phi) is 3.15. The summed E-state index contributed by atoms with van der Waals surface area (Å²) in [5, 5.41) is 14.8. The number of unbranched alkanes of at least 4 members (excludes halogenated alkanes) is 1. The van der Waals surface area contributed by atoms with Gasteiger partial charge in [-0.05, 0) is 30.4 Å². The van der Waals surface area contributed by atoms with Gasteiger partial charge in [-0.25, -0.2) is 9.97 Å². The molecule has 6 nitrogen and oxygen atoms in total. The molecule has 4 heterocycles. The van der Waals surface area contributed by atoms with Crippen LogP contribution >= 0.6 is 11.3 Å². The van der Waals surface area contributed by atoms with Crippen LogP contribution in [0.4, 0.5) is 0 Å². The zero-order valence-electron chi connectivity index (χ0n) is 12.5. The first-order valence-corrected chi connectivity index (χ1v) is 8.28. The number of aromatic nitrogens is 6. The summed E-state index contributed by atoms with van der Waals surface area (Å²) >= 11 is 1.67. The Morgan fingerprint density at radius 2 is 2.23 bits per heavy atom. The van der Waals surface area contributed by atoms with Gasteiger partial charge in [-0.15, -0.1) is 16.4 Å². The van der Waals surface area contributed by atoms with Gasteiger partial charge in [-0.2, -0.15) is 9.61 Å². The molecule has 0 saturated carbocycles. The lowest BCUT2D eigenvalue weighted by molar-refractivity contribution is 0.719. The van der Waals surface area contributed by atoms with Crippen molar-refractivity contribution in [3.8, 4) is 10.7 Å². The molecule has 4 aromatic heterocycles. The zero-order valence-corrected chi connectivity index (χ0v) is 13.3. The van der Waals surface area contributed by atoms with E-state index in [0.29, 0.717) is 0 Å². The number of nitrogens with one attached hydrogen (secondary N) is 1. The fourth-order valence-corrected chi connectivity index (χ4v) is 3.35. The smallest absolute Gasteiger partial charge is 0.192 e. The zero-order chi connectivity index (χ0) is 15.1. The summed E-state index contributed by atoms with van der Waals surface area (Å²) in [6.07, 6.45) is 4.85. The molecule has 0 radical (unpaired) electrons. The highest BCUT2D eigenvalue weighted by Crippen LogP contribution is 2.26. The molecule has 0 aromatic carbocycles. The summed E-state index contributed by atoms with van der Waals surface area (Å²) in [5.74, 6) is 1.69. The molecule has 0 unspecified atom stereocenters. The van der Waals surface area contributed by atoms with E-state index in [4.69, 9.17) is 10.1 Å². The normalized spacial score (nSPS) is 11.7. The van der Waals surface area contributed by atoms with E-state index in [9.17, 15) is 0 Å². The van der Waals surface area contributed by atoms with Crippen molar-refractivity contribution in [3.63, 3.8) is 0 Å². The fourth-order valence-electron chi connectivity index (χ4n) is 2.52. The van der Waals surface area contributed by atoms with Crippen LogP contribution in [-0.2, 0) is 6.42 Å². The number of hydrogen-bond donors (Lipinski definition) is 1. The van der Waals surface area contributed by atoms with E-state index in [1.165, 1.54) is 5.56 Å². The quantitative estimate of drug-likeness (QED) is 0.627. The van der Waals surface area contributed by atoms with Crippen molar-refractivity contribution in [1.29, 1.82) is 0 Å². The van der Waals surface area contributed by atoms with Crippen molar-refractivity contribution < 1.29 is 0 Å². The van der Waals surface area contributed by atoms with Gasteiger partial charge in [0.05, 0.1) is 16.5 Å². The van der Waals surface area contributed by atoms with Gasteiger partial charge in [0.1, 0.15) is 5.82 Å². The fraction of sp³-hybridized carbons (Fsp3) is 0.333. The van der Waals surface area contributed by atoms with Crippen molar-refractivity contribution in [3.05, 3.63) is 29.0 Å². The monoisotopic (exact) mass is 312 g/mol. The van der Waals surface area contributed by atoms with Gasteiger partial charge in [0.25, 0.3) is 0 Å². The molecule has 4 rings (SSSR count). The van der Waals surface area contributed by atoms with Crippen LogP contribution in [0.2, 0.25) is 0 Å². The molecule has 0 spiro atoms. The van der Waals surface area contributed by atoms with Gasteiger partial charge in [0.15, 0.2) is 17.1 Å². The molecule has 22 heavy (non-hydrogen) atoms. The van der Waals surface area contributed by atoms with Crippen LogP contribution in [0.3, 0.4) is 0 Å². The molecule has 7 heteroatoms. The van der Waals surface area contributed by atoms with Gasteiger partial charge in [-0.3, -0.25) is 5.10 Å². The van der Waals surface area contributed by atoms with Crippen LogP contribution in [0.5, 0.6) is 0 Å². The second kappa shape index (κ2) is 5.17. The molecule has 0 aliphatic carbocycles. The second-order valence-corrected chi connectivity index (χ2v) is 6.33. The average molecular weight is 312 g/mol. The predicted molar refractivity (Wildman–Crippen MR) is 87.1 cm³/mol. The largest absolute Gasteiger partial charge is 0.261 e. The Morgan fingerprint density at radius 3 is 3.00 bits per heavy atom. The molecular formula is C15H16N6S. The van der Waals surface area contributed by atoms with E-state index in [1.54, 1.807) is 17.5 Å². The van der Waals surface area contributed by atoms with Crippen LogP contribution in [-0.4, -0.2) is 29.8 Å². The van der Waals surface area contributed by atoms with E-state index in [0.717, 1.165) is 52.5 Å². The highest BCUT2D eigenvalue weighted by atomic mass is 32.1. The summed E-state index contributed by atoms with van der Waals surface area (Å²) < 4.78 is 1.87. The van der Waals surface area contributed by atoms with E-state index in [1.807, 2.05) is 4.52 Å². The molecule has 0 saturated heterocycles. The molecule has 0 amide bonds. The third kappa shape index (κ3) is 2.09. The Hall–Kier alpha value is -2.28. The molecule has 0 fully saturated rings. The van der Waals surface area contributed by atoms with E-state index < -0.39 is 0 Å². The summed E-state index contributed by atoms with van der Waals surface area (Å²) in [4.78, 5) is 10.5. The molecular weight excluding hydrogens is 296 g/mol. The predicted octanol–water partition coefficient (Wildman–Crippen LogP) is 3.38. The molecule has 0 bridgehead atoms. The summed E-state index contributed by atoms with van der Waals surface area (Å²) in [7, 11) is 0. The third-order valence-corrected chi connectivity index (χ3v) is 4.70. The molecule has 112 valence electrons. The number of fused-ring (bicyclic) bond motifs is 3. The summed E-state index contributed by atoms with van der Waals surface area (Å²) in [6, 6.07) is 2.12. The van der Waals surface area contributed by atoms with Gasteiger partial charge in [0.2, 0.25) is 0 Å². The molecule has 1 N–H and O–H groups in total. The van der Waals surface area contributed by atoms with E-state index >= 15 is 0 Å². The number of hydrogen-bond acceptors (Lipinski definition) is 5. The van der Waals surface area contributed by atoms with Crippen molar-refractivity contribution in [2.24, 2.45) is 0 Å². The number of aryl methyl sites for hydroxylation is 2. The molecule has 0 aliphatic rings. The van der Waals surface area contributed by atoms with E-state index in [2.05, 4.69) is 40.5 Å². The van der Waals surface area contributed by atoms with Gasteiger partial charge < -0.3 is 0 Å². The lowest BCUT2D eigenvalue weighted by Crippen LogP contribution is -2.03. The van der Waals surface area contributed by atoms with Crippen molar-refractivity contribution >= 4 is 28.0 Å². The van der Waals surface area contributed by atoms with Crippen LogP contribution in [0.1, 0.15) is 31.2 Å². The number of aromatic amines is 1. The van der Waals surface area contributed by atoms with Crippen molar-refractivity contribution in [2.75, 3.05) is 0 Å². The first kappa shape index (κ1) is 13.4. The molecule has 0 atom stereocenters. The maximum Gasteiger partial charge on any atom is 0.192 e. The standard InChI is InChI=1S/C15H16N6S/c1-3-4-5-12-17-13-10(7-16-19-13)15-18-14(20-21(12)15)11-6-9(2)8-22-11/h6-8H,3-5H2,1-2H3,(H,16,19). The Balaban J connectivity index is 1.95. The van der Waals surface area contributed by atoms with Gasteiger partial charge in [0, 0.05) is 6.42 Å². The minimum atomic E-state index is 0.756. The van der Waals surface area contributed by atoms with Gasteiger partial charge >= 0.3 is 0 Å². The lowest BCUT2D eigenvalue weighted by Gasteiger charge is -2.02. The Labute approximate surface area is 131 Å². The minimum absolute atomic E-state index is 0.756. The van der Waals surface area contributed by atoms with Crippen molar-refractivity contribution in [2.45, 2.75) is 33.1 Å². The van der Waals surface area contributed by atoms with E-state index in [-0.39, 0.29) is 0 Å². The van der Waals surface area contributed by atoms with Crippen LogP contribution in [0, 0.1) is 6.92 Å². The minimum Gasteiger partial charge on any atom is -0.261 e. The van der Waals surface area contributed by atoms with Crippen molar-refractivity contribution in [1.82, 2.24) is 29.8 Å². The number of rotatable bonds is 4. The Bertz CT molecular complexity index is 948. The first-order valence-electron chi connectivity index (χ1n) is 7.40.